The summed E-state index contributed by atoms with van der Waals surface area (Å²) in [5.41, 5.74) is 2.38. The molecule has 1 unspecified atom stereocenters. The molecule has 1 aliphatic heterocycles. The van der Waals surface area contributed by atoms with E-state index < -0.39 is 34.2 Å². The zero-order valence-corrected chi connectivity index (χ0v) is 18.8. The maximum atomic E-state index is 12.6. The average molecular weight is 491 g/mol. The van der Waals surface area contributed by atoms with Crippen molar-refractivity contribution in [3.63, 3.8) is 0 Å². The van der Waals surface area contributed by atoms with Crippen LogP contribution in [0, 0.1) is 11.6 Å². The van der Waals surface area contributed by atoms with Gasteiger partial charge in [0.05, 0.1) is 16.4 Å². The van der Waals surface area contributed by atoms with Crippen LogP contribution in [-0.4, -0.2) is 33.7 Å². The SMILES string of the molecule is Fc1ccc(F)cc1.O=S(c1ccc(C(F)(F)F)cc1)C1CCC(NON2CCCC2)CC1. The Labute approximate surface area is 192 Å². The third-order valence-electron chi connectivity index (χ3n) is 5.61. The first-order chi connectivity index (χ1) is 15.7. The molecule has 1 saturated heterocycles. The number of benzene rings is 2. The number of nitrogens with one attached hydrogen (secondary N) is 1. The molecular formula is C23H27F5N2O2S. The molecule has 2 fully saturated rings. The predicted octanol–water partition coefficient (Wildman–Crippen LogP) is 5.62. The van der Waals surface area contributed by atoms with E-state index in [9.17, 15) is 26.2 Å². The second-order valence-electron chi connectivity index (χ2n) is 8.07. The topological polar surface area (TPSA) is 41.6 Å². The Morgan fingerprint density at radius 1 is 0.848 bits per heavy atom. The van der Waals surface area contributed by atoms with Gasteiger partial charge in [-0.05, 0) is 87.1 Å². The summed E-state index contributed by atoms with van der Waals surface area (Å²) in [5.74, 6) is -0.821. The summed E-state index contributed by atoms with van der Waals surface area (Å²) >= 11 is 0. The van der Waals surface area contributed by atoms with Crippen molar-refractivity contribution < 1.29 is 31.1 Å². The van der Waals surface area contributed by atoms with Crippen LogP contribution in [0.1, 0.15) is 44.1 Å². The minimum Gasteiger partial charge on any atom is -0.254 e. The number of hydrogen-bond acceptors (Lipinski definition) is 4. The van der Waals surface area contributed by atoms with Crippen LogP contribution in [0.15, 0.2) is 53.4 Å². The van der Waals surface area contributed by atoms with Crippen LogP contribution in [0.4, 0.5) is 22.0 Å². The third-order valence-corrected chi connectivity index (χ3v) is 7.42. The summed E-state index contributed by atoms with van der Waals surface area (Å²) in [6, 6.07) is 9.23. The quantitative estimate of drug-likeness (QED) is 0.436. The first kappa shape index (κ1) is 25.7. The van der Waals surface area contributed by atoms with Crippen molar-refractivity contribution in [1.82, 2.24) is 10.5 Å². The third kappa shape index (κ3) is 8.13. The molecule has 4 nitrogen and oxygen atoms in total. The predicted molar refractivity (Wildman–Crippen MR) is 115 cm³/mol. The fraction of sp³-hybridized carbons (Fsp3) is 0.478. The van der Waals surface area contributed by atoms with Gasteiger partial charge in [0, 0.05) is 29.3 Å². The van der Waals surface area contributed by atoms with Crippen molar-refractivity contribution in [1.29, 1.82) is 0 Å². The van der Waals surface area contributed by atoms with E-state index in [1.165, 1.54) is 12.1 Å². The van der Waals surface area contributed by atoms with Crippen molar-refractivity contribution in [3.05, 3.63) is 65.7 Å². The molecule has 182 valence electrons. The van der Waals surface area contributed by atoms with Gasteiger partial charge in [-0.25, -0.2) is 13.7 Å². The van der Waals surface area contributed by atoms with Crippen molar-refractivity contribution in [2.75, 3.05) is 13.1 Å². The molecule has 2 aromatic carbocycles. The lowest BCUT2D eigenvalue weighted by Gasteiger charge is -2.29. The molecule has 2 aliphatic rings. The second kappa shape index (κ2) is 12.0. The highest BCUT2D eigenvalue weighted by atomic mass is 32.2. The maximum Gasteiger partial charge on any atom is 0.416 e. The minimum absolute atomic E-state index is 0.0124. The first-order valence-corrected chi connectivity index (χ1v) is 12.1. The molecule has 0 amide bonds. The number of nitrogens with zero attached hydrogens (tertiary/aromatic N) is 1. The largest absolute Gasteiger partial charge is 0.416 e. The highest BCUT2D eigenvalue weighted by Crippen LogP contribution is 2.31. The van der Waals surface area contributed by atoms with Crippen LogP contribution in [0.2, 0.25) is 0 Å². The van der Waals surface area contributed by atoms with Gasteiger partial charge in [0.2, 0.25) is 0 Å². The maximum absolute atomic E-state index is 12.6. The molecule has 1 N–H and O–H groups in total. The Balaban J connectivity index is 0.000000323. The molecular weight excluding hydrogens is 463 g/mol. The molecule has 0 radical (unpaired) electrons. The summed E-state index contributed by atoms with van der Waals surface area (Å²) < 4.78 is 74.3. The standard InChI is InChI=1S/C17H23F3N2O2S.C6H4F2/c18-17(19,20)13-3-7-15(8-4-13)25(23)16-9-5-14(6-10-16)21-24-22-11-1-2-12-22;7-5-1-2-6(8)4-3-5/h3-4,7-8,14,16,21H,1-2,5-6,9-12H2;1-4H. The molecule has 0 aromatic heterocycles. The number of halogens is 5. The van der Waals surface area contributed by atoms with Crippen LogP contribution >= 0.6 is 0 Å². The summed E-state index contributed by atoms with van der Waals surface area (Å²) in [5, 5.41) is 1.91. The van der Waals surface area contributed by atoms with Gasteiger partial charge in [0.1, 0.15) is 11.6 Å². The van der Waals surface area contributed by atoms with Crippen molar-refractivity contribution in [3.8, 4) is 0 Å². The van der Waals surface area contributed by atoms with Gasteiger partial charge in [-0.2, -0.15) is 23.7 Å². The van der Waals surface area contributed by atoms with Gasteiger partial charge in [-0.15, -0.1) is 0 Å². The van der Waals surface area contributed by atoms with Crippen LogP contribution in [0.5, 0.6) is 0 Å². The Hall–Kier alpha value is -1.88. The lowest BCUT2D eigenvalue weighted by molar-refractivity contribution is -0.209. The molecule has 1 heterocycles. The van der Waals surface area contributed by atoms with E-state index in [4.69, 9.17) is 4.94 Å². The molecule has 1 saturated carbocycles. The Morgan fingerprint density at radius 2 is 1.36 bits per heavy atom. The van der Waals surface area contributed by atoms with E-state index in [-0.39, 0.29) is 11.3 Å². The van der Waals surface area contributed by atoms with E-state index in [0.29, 0.717) is 4.90 Å². The molecule has 1 atom stereocenters. The van der Waals surface area contributed by atoms with Gasteiger partial charge in [-0.1, -0.05) is 0 Å². The summed E-state index contributed by atoms with van der Waals surface area (Å²) in [6.45, 7) is 1.89. The Kier molecular flexibility index (Phi) is 9.37. The summed E-state index contributed by atoms with van der Waals surface area (Å²) in [4.78, 5) is 6.04. The van der Waals surface area contributed by atoms with Crippen LogP contribution in [0.25, 0.3) is 0 Å². The van der Waals surface area contributed by atoms with E-state index in [1.807, 2.05) is 5.06 Å². The van der Waals surface area contributed by atoms with E-state index in [0.717, 1.165) is 88.0 Å². The van der Waals surface area contributed by atoms with Gasteiger partial charge < -0.3 is 0 Å². The molecule has 2 aromatic rings. The van der Waals surface area contributed by atoms with Crippen molar-refractivity contribution in [2.45, 2.75) is 60.9 Å². The summed E-state index contributed by atoms with van der Waals surface area (Å²) in [6.07, 6.45) is 1.19. The normalized spacial score (nSPS) is 22.5. The monoisotopic (exact) mass is 490 g/mol. The summed E-state index contributed by atoms with van der Waals surface area (Å²) in [7, 11) is -1.27. The first-order valence-electron chi connectivity index (χ1n) is 10.9. The van der Waals surface area contributed by atoms with E-state index >= 15 is 0 Å². The number of hydroxylamine groups is 3. The van der Waals surface area contributed by atoms with E-state index in [1.54, 1.807) is 0 Å². The van der Waals surface area contributed by atoms with Crippen LogP contribution in [0.3, 0.4) is 0 Å². The van der Waals surface area contributed by atoms with Gasteiger partial charge in [0.15, 0.2) is 0 Å². The molecule has 0 bridgehead atoms. The van der Waals surface area contributed by atoms with Crippen molar-refractivity contribution >= 4 is 10.8 Å². The fourth-order valence-electron chi connectivity index (χ4n) is 3.72. The highest BCUT2D eigenvalue weighted by molar-refractivity contribution is 7.85. The van der Waals surface area contributed by atoms with Crippen LogP contribution in [-0.2, 0) is 21.9 Å². The lowest BCUT2D eigenvalue weighted by Crippen LogP contribution is -2.39. The van der Waals surface area contributed by atoms with Crippen LogP contribution < -0.4 is 5.48 Å². The number of hydrogen-bond donors (Lipinski definition) is 1. The lowest BCUT2D eigenvalue weighted by atomic mass is 9.96. The fourth-order valence-corrected chi connectivity index (χ4v) is 5.21. The van der Waals surface area contributed by atoms with Gasteiger partial charge >= 0.3 is 6.18 Å². The zero-order valence-electron chi connectivity index (χ0n) is 18.0. The van der Waals surface area contributed by atoms with Gasteiger partial charge in [-0.3, -0.25) is 4.21 Å². The van der Waals surface area contributed by atoms with Crippen molar-refractivity contribution in [2.24, 2.45) is 0 Å². The molecule has 4 rings (SSSR count). The Morgan fingerprint density at radius 3 is 1.85 bits per heavy atom. The molecule has 10 heteroatoms. The van der Waals surface area contributed by atoms with E-state index in [2.05, 4.69) is 5.48 Å². The second-order valence-corrected chi connectivity index (χ2v) is 9.81. The number of rotatable bonds is 5. The average Bonchev–Trinajstić information content (AvgIpc) is 3.33. The molecule has 0 spiro atoms. The number of alkyl halides is 3. The smallest absolute Gasteiger partial charge is 0.254 e. The van der Waals surface area contributed by atoms with Gasteiger partial charge in [0.25, 0.3) is 0 Å². The minimum atomic E-state index is -4.36. The highest BCUT2D eigenvalue weighted by Gasteiger charge is 2.31. The zero-order chi connectivity index (χ0) is 23.8. The molecule has 1 aliphatic carbocycles. The molecule has 33 heavy (non-hydrogen) atoms. The Bertz CT molecular complexity index is 858.